The first-order valence-corrected chi connectivity index (χ1v) is 8.31. The fourth-order valence-corrected chi connectivity index (χ4v) is 3.00. The molecule has 4 rings (SSSR count). The third-order valence-corrected chi connectivity index (χ3v) is 4.36. The average molecular weight is 340 g/mol. The van der Waals surface area contributed by atoms with Gasteiger partial charge in [0.2, 0.25) is 5.82 Å². The van der Waals surface area contributed by atoms with E-state index in [2.05, 4.69) is 35.3 Å². The van der Waals surface area contributed by atoms with Crippen LogP contribution in [-0.2, 0) is 0 Å². The molecule has 0 aliphatic heterocycles. The molecule has 0 spiro atoms. The molecular weight excluding hydrogens is 324 g/mol. The van der Waals surface area contributed by atoms with Gasteiger partial charge < -0.3 is 4.52 Å². The molecule has 0 radical (unpaired) electrons. The topological polar surface area (TPSA) is 56.0 Å². The van der Waals surface area contributed by atoms with Crippen molar-refractivity contribution in [2.45, 2.75) is 6.92 Å². The van der Waals surface area contributed by atoms with Crippen molar-refractivity contribution in [3.63, 3.8) is 0 Å². The van der Waals surface area contributed by atoms with Crippen LogP contribution < -0.4 is 0 Å². The predicted molar refractivity (Wildman–Crippen MR) is 101 cm³/mol. The molecule has 0 aliphatic carbocycles. The minimum Gasteiger partial charge on any atom is -0.334 e. The van der Waals surface area contributed by atoms with E-state index in [0.717, 1.165) is 34.1 Å². The molecular formula is C22H16N2O2. The fraction of sp³-hybridized carbons (Fsp3) is 0.0455. The van der Waals surface area contributed by atoms with Gasteiger partial charge in [0.05, 0.1) is 0 Å². The second kappa shape index (κ2) is 6.76. The molecule has 4 nitrogen and oxygen atoms in total. The van der Waals surface area contributed by atoms with Crippen molar-refractivity contribution in [3.05, 3.63) is 83.9 Å². The van der Waals surface area contributed by atoms with E-state index in [1.165, 1.54) is 0 Å². The highest BCUT2D eigenvalue weighted by Crippen LogP contribution is 2.31. The molecule has 0 N–H and O–H groups in total. The number of benzene rings is 3. The van der Waals surface area contributed by atoms with Crippen molar-refractivity contribution in [3.8, 4) is 34.0 Å². The second-order valence-electron chi connectivity index (χ2n) is 6.01. The maximum atomic E-state index is 11.0. The van der Waals surface area contributed by atoms with Crippen molar-refractivity contribution < 1.29 is 9.32 Å². The molecule has 26 heavy (non-hydrogen) atoms. The summed E-state index contributed by atoms with van der Waals surface area (Å²) < 4.78 is 5.50. The predicted octanol–water partition coefficient (Wildman–Crippen LogP) is 5.19. The number of carbonyl (C=O) groups excluding carboxylic acids is 1. The van der Waals surface area contributed by atoms with E-state index in [4.69, 9.17) is 4.52 Å². The molecule has 0 atom stereocenters. The van der Waals surface area contributed by atoms with Crippen molar-refractivity contribution in [2.75, 3.05) is 0 Å². The summed E-state index contributed by atoms with van der Waals surface area (Å²) >= 11 is 0. The van der Waals surface area contributed by atoms with Crippen LogP contribution in [0.4, 0.5) is 0 Å². The number of rotatable bonds is 4. The number of hydrogen-bond donors (Lipinski definition) is 0. The number of nitrogens with zero attached hydrogens (tertiary/aromatic N) is 2. The molecule has 126 valence electrons. The molecule has 0 bridgehead atoms. The zero-order valence-electron chi connectivity index (χ0n) is 14.2. The molecule has 4 aromatic rings. The molecule has 0 aliphatic rings. The first kappa shape index (κ1) is 16.0. The quantitative estimate of drug-likeness (QED) is 0.480. The Bertz CT molecular complexity index is 1070. The van der Waals surface area contributed by atoms with Gasteiger partial charge in [-0.1, -0.05) is 65.8 Å². The summed E-state index contributed by atoms with van der Waals surface area (Å²) in [5.41, 5.74) is 5.58. The van der Waals surface area contributed by atoms with Crippen LogP contribution in [0.1, 0.15) is 15.9 Å². The van der Waals surface area contributed by atoms with Crippen molar-refractivity contribution >= 4 is 6.29 Å². The van der Waals surface area contributed by atoms with E-state index in [9.17, 15) is 4.79 Å². The van der Waals surface area contributed by atoms with E-state index < -0.39 is 0 Å². The second-order valence-corrected chi connectivity index (χ2v) is 6.01. The van der Waals surface area contributed by atoms with Gasteiger partial charge in [0, 0.05) is 16.7 Å². The molecule has 0 amide bonds. The zero-order chi connectivity index (χ0) is 17.9. The Morgan fingerprint density at radius 3 is 2.38 bits per heavy atom. The van der Waals surface area contributed by atoms with E-state index in [1.807, 2.05) is 36.4 Å². The van der Waals surface area contributed by atoms with Crippen LogP contribution in [0.5, 0.6) is 0 Å². The Morgan fingerprint density at radius 1 is 0.846 bits per heavy atom. The largest absolute Gasteiger partial charge is 0.334 e. The van der Waals surface area contributed by atoms with E-state index in [0.29, 0.717) is 17.3 Å². The number of aromatic nitrogens is 2. The van der Waals surface area contributed by atoms with Crippen molar-refractivity contribution in [1.29, 1.82) is 0 Å². The monoisotopic (exact) mass is 340 g/mol. The third-order valence-electron chi connectivity index (χ3n) is 4.36. The fourth-order valence-electron chi connectivity index (χ4n) is 3.00. The minimum atomic E-state index is 0.465. The number of hydrogen-bond acceptors (Lipinski definition) is 4. The summed E-state index contributed by atoms with van der Waals surface area (Å²) in [6.07, 6.45) is 0.804. The molecule has 1 heterocycles. The SMILES string of the molecule is Cc1c(-c2ccccc2)cccc1-c1nc(-c2cccc(C=O)c2)no1. The molecule has 0 saturated carbocycles. The Hall–Kier alpha value is -3.53. The van der Waals surface area contributed by atoms with Gasteiger partial charge >= 0.3 is 0 Å². The lowest BCUT2D eigenvalue weighted by Crippen LogP contribution is -1.89. The molecule has 4 heteroatoms. The van der Waals surface area contributed by atoms with Crippen LogP contribution >= 0.6 is 0 Å². The van der Waals surface area contributed by atoms with E-state index in [1.54, 1.807) is 18.2 Å². The Labute approximate surface area is 151 Å². The number of aldehydes is 1. The van der Waals surface area contributed by atoms with Gasteiger partial charge in [-0.3, -0.25) is 4.79 Å². The van der Waals surface area contributed by atoms with Crippen LogP contribution in [0.15, 0.2) is 77.3 Å². The van der Waals surface area contributed by atoms with Gasteiger partial charge in [-0.25, -0.2) is 0 Å². The summed E-state index contributed by atoms with van der Waals surface area (Å²) in [4.78, 5) is 15.5. The highest BCUT2D eigenvalue weighted by molar-refractivity contribution is 5.78. The van der Waals surface area contributed by atoms with Gasteiger partial charge in [-0.2, -0.15) is 4.98 Å². The first-order chi connectivity index (χ1) is 12.8. The van der Waals surface area contributed by atoms with Crippen LogP contribution in [0.2, 0.25) is 0 Å². The summed E-state index contributed by atoms with van der Waals surface area (Å²) in [5.74, 6) is 0.931. The Morgan fingerprint density at radius 2 is 1.58 bits per heavy atom. The molecule has 0 fully saturated rings. The van der Waals surface area contributed by atoms with Crippen LogP contribution in [0.25, 0.3) is 34.0 Å². The molecule has 0 unspecified atom stereocenters. The molecule has 3 aromatic carbocycles. The Balaban J connectivity index is 1.75. The zero-order valence-corrected chi connectivity index (χ0v) is 14.2. The average Bonchev–Trinajstić information content (AvgIpc) is 3.19. The lowest BCUT2D eigenvalue weighted by Gasteiger charge is -2.08. The maximum absolute atomic E-state index is 11.0. The first-order valence-electron chi connectivity index (χ1n) is 8.31. The lowest BCUT2D eigenvalue weighted by molar-refractivity contribution is 0.112. The van der Waals surface area contributed by atoms with Crippen LogP contribution in [-0.4, -0.2) is 16.4 Å². The summed E-state index contributed by atoms with van der Waals surface area (Å²) in [5, 5.41) is 4.08. The van der Waals surface area contributed by atoms with E-state index in [-0.39, 0.29) is 0 Å². The van der Waals surface area contributed by atoms with Crippen molar-refractivity contribution in [2.24, 2.45) is 0 Å². The lowest BCUT2D eigenvalue weighted by atomic mass is 9.96. The van der Waals surface area contributed by atoms with Gasteiger partial charge in [-0.15, -0.1) is 0 Å². The van der Waals surface area contributed by atoms with Crippen LogP contribution in [0, 0.1) is 6.92 Å². The normalized spacial score (nSPS) is 10.7. The highest BCUT2D eigenvalue weighted by Gasteiger charge is 2.15. The standard InChI is InChI=1S/C22H16N2O2/c1-15-19(17-8-3-2-4-9-17)11-6-12-20(15)22-23-21(24-26-22)18-10-5-7-16(13-18)14-25/h2-14H,1H3. The van der Waals surface area contributed by atoms with Gasteiger partial charge in [0.1, 0.15) is 6.29 Å². The summed E-state index contributed by atoms with van der Waals surface area (Å²) in [7, 11) is 0. The van der Waals surface area contributed by atoms with Crippen LogP contribution in [0.3, 0.4) is 0 Å². The van der Waals surface area contributed by atoms with Crippen molar-refractivity contribution in [1.82, 2.24) is 10.1 Å². The smallest absolute Gasteiger partial charge is 0.258 e. The number of carbonyl (C=O) groups is 1. The molecule has 1 aromatic heterocycles. The van der Waals surface area contributed by atoms with E-state index >= 15 is 0 Å². The Kier molecular flexibility index (Phi) is 4.15. The van der Waals surface area contributed by atoms with Gasteiger partial charge in [0.25, 0.3) is 5.89 Å². The summed E-state index contributed by atoms with van der Waals surface area (Å²) in [6.45, 7) is 2.05. The van der Waals surface area contributed by atoms with Gasteiger partial charge in [0.15, 0.2) is 0 Å². The minimum absolute atomic E-state index is 0.465. The molecule has 0 saturated heterocycles. The summed E-state index contributed by atoms with van der Waals surface area (Å²) in [6, 6.07) is 23.4. The van der Waals surface area contributed by atoms with Gasteiger partial charge in [-0.05, 0) is 35.7 Å². The maximum Gasteiger partial charge on any atom is 0.258 e. The third kappa shape index (κ3) is 2.93. The highest BCUT2D eigenvalue weighted by atomic mass is 16.5.